The Kier molecular flexibility index (Phi) is 3.65. The predicted octanol–water partition coefficient (Wildman–Crippen LogP) is 1.23. The topological polar surface area (TPSA) is 38.5 Å². The van der Waals surface area contributed by atoms with Crippen molar-refractivity contribution in [1.29, 1.82) is 0 Å². The molecule has 2 fully saturated rings. The first-order valence-electron chi connectivity index (χ1n) is 6.28. The summed E-state index contributed by atoms with van der Waals surface area (Å²) >= 11 is 0. The molecular weight excluding hydrogens is 188 g/mol. The first-order chi connectivity index (χ1) is 7.24. The SMILES string of the molecule is CC1CN(CC2(CN)CCCC2)CCO1. The summed E-state index contributed by atoms with van der Waals surface area (Å²) in [6.07, 6.45) is 5.80. The Labute approximate surface area is 93.0 Å². The van der Waals surface area contributed by atoms with E-state index in [9.17, 15) is 0 Å². The fraction of sp³-hybridized carbons (Fsp3) is 1.00. The van der Waals surface area contributed by atoms with Crippen LogP contribution in [0.2, 0.25) is 0 Å². The van der Waals surface area contributed by atoms with Crippen molar-refractivity contribution in [3.05, 3.63) is 0 Å². The lowest BCUT2D eigenvalue weighted by Gasteiger charge is -2.38. The second-order valence-electron chi connectivity index (χ2n) is 5.33. The summed E-state index contributed by atoms with van der Waals surface area (Å²) in [6.45, 7) is 7.28. The fourth-order valence-corrected chi connectivity index (χ4v) is 3.06. The Bertz CT molecular complexity index is 202. The molecule has 1 unspecified atom stereocenters. The zero-order chi connectivity index (χ0) is 10.7. The minimum absolute atomic E-state index is 0.398. The van der Waals surface area contributed by atoms with Gasteiger partial charge in [0, 0.05) is 19.6 Å². The van der Waals surface area contributed by atoms with Crippen LogP contribution in [0.5, 0.6) is 0 Å². The molecule has 2 aliphatic rings. The van der Waals surface area contributed by atoms with Crippen molar-refractivity contribution in [1.82, 2.24) is 4.90 Å². The maximum atomic E-state index is 5.96. The van der Waals surface area contributed by atoms with Crippen molar-refractivity contribution in [2.45, 2.75) is 38.7 Å². The predicted molar refractivity (Wildman–Crippen MR) is 61.8 cm³/mol. The minimum atomic E-state index is 0.398. The Hall–Kier alpha value is -0.120. The van der Waals surface area contributed by atoms with E-state index < -0.39 is 0 Å². The van der Waals surface area contributed by atoms with Crippen molar-refractivity contribution in [3.8, 4) is 0 Å². The normalized spacial score (nSPS) is 32.0. The number of ether oxygens (including phenoxy) is 1. The van der Waals surface area contributed by atoms with Gasteiger partial charge in [0.1, 0.15) is 0 Å². The molecule has 2 N–H and O–H groups in total. The van der Waals surface area contributed by atoms with Crippen LogP contribution in [-0.2, 0) is 4.74 Å². The van der Waals surface area contributed by atoms with Gasteiger partial charge in [-0.2, -0.15) is 0 Å². The van der Waals surface area contributed by atoms with Crippen molar-refractivity contribution in [2.75, 3.05) is 32.8 Å². The van der Waals surface area contributed by atoms with E-state index in [1.165, 1.54) is 32.2 Å². The number of nitrogens with zero attached hydrogens (tertiary/aromatic N) is 1. The van der Waals surface area contributed by atoms with Crippen LogP contribution in [0.3, 0.4) is 0 Å². The summed E-state index contributed by atoms with van der Waals surface area (Å²) in [5.41, 5.74) is 6.39. The highest BCUT2D eigenvalue weighted by Crippen LogP contribution is 2.38. The van der Waals surface area contributed by atoms with Gasteiger partial charge >= 0.3 is 0 Å². The summed E-state index contributed by atoms with van der Waals surface area (Å²) in [4.78, 5) is 2.55. The van der Waals surface area contributed by atoms with Crippen LogP contribution in [0.25, 0.3) is 0 Å². The van der Waals surface area contributed by atoms with Gasteiger partial charge in [-0.15, -0.1) is 0 Å². The lowest BCUT2D eigenvalue weighted by Crippen LogP contribution is -2.48. The van der Waals surface area contributed by atoms with Crippen LogP contribution in [0.1, 0.15) is 32.6 Å². The molecule has 1 saturated carbocycles. The van der Waals surface area contributed by atoms with Gasteiger partial charge in [-0.05, 0) is 31.7 Å². The summed E-state index contributed by atoms with van der Waals surface area (Å²) in [5.74, 6) is 0. The highest BCUT2D eigenvalue weighted by atomic mass is 16.5. The van der Waals surface area contributed by atoms with E-state index in [2.05, 4.69) is 11.8 Å². The third-order valence-corrected chi connectivity index (χ3v) is 3.98. The van der Waals surface area contributed by atoms with Gasteiger partial charge in [0.15, 0.2) is 0 Å². The van der Waals surface area contributed by atoms with Crippen molar-refractivity contribution >= 4 is 0 Å². The average Bonchev–Trinajstić information content (AvgIpc) is 2.67. The van der Waals surface area contributed by atoms with Gasteiger partial charge in [-0.3, -0.25) is 4.90 Å². The summed E-state index contributed by atoms with van der Waals surface area (Å²) in [7, 11) is 0. The van der Waals surface area contributed by atoms with Crippen LogP contribution >= 0.6 is 0 Å². The quantitative estimate of drug-likeness (QED) is 0.764. The van der Waals surface area contributed by atoms with Gasteiger partial charge < -0.3 is 10.5 Å². The Balaban J connectivity index is 1.88. The molecule has 1 saturated heterocycles. The standard InChI is InChI=1S/C12H24N2O/c1-11-8-14(6-7-15-11)10-12(9-13)4-2-3-5-12/h11H,2-10,13H2,1H3. The Morgan fingerprint density at radius 2 is 2.13 bits per heavy atom. The van der Waals surface area contributed by atoms with E-state index in [1.54, 1.807) is 0 Å². The summed E-state index contributed by atoms with van der Waals surface area (Å²) in [5, 5.41) is 0. The zero-order valence-corrected chi connectivity index (χ0v) is 9.87. The minimum Gasteiger partial charge on any atom is -0.376 e. The monoisotopic (exact) mass is 212 g/mol. The van der Waals surface area contributed by atoms with E-state index in [4.69, 9.17) is 10.5 Å². The maximum Gasteiger partial charge on any atom is 0.0674 e. The van der Waals surface area contributed by atoms with Crippen molar-refractivity contribution in [3.63, 3.8) is 0 Å². The molecule has 0 radical (unpaired) electrons. The van der Waals surface area contributed by atoms with Gasteiger partial charge in [0.05, 0.1) is 12.7 Å². The summed E-state index contributed by atoms with van der Waals surface area (Å²) < 4.78 is 5.57. The highest BCUT2D eigenvalue weighted by molar-refractivity contribution is 4.89. The zero-order valence-electron chi connectivity index (χ0n) is 9.87. The van der Waals surface area contributed by atoms with Crippen LogP contribution in [-0.4, -0.2) is 43.8 Å². The first kappa shape index (κ1) is 11.4. The molecule has 0 aromatic heterocycles. The molecule has 0 aromatic rings. The molecule has 1 aliphatic heterocycles. The number of morpholine rings is 1. The first-order valence-corrected chi connectivity index (χ1v) is 6.28. The molecule has 1 atom stereocenters. The van der Waals surface area contributed by atoms with E-state index in [0.717, 1.165) is 26.2 Å². The molecule has 1 heterocycles. The summed E-state index contributed by atoms with van der Waals surface area (Å²) in [6, 6.07) is 0. The van der Waals surface area contributed by atoms with Crippen molar-refractivity contribution in [2.24, 2.45) is 11.1 Å². The molecule has 0 amide bonds. The van der Waals surface area contributed by atoms with Gasteiger partial charge in [0.25, 0.3) is 0 Å². The van der Waals surface area contributed by atoms with Crippen LogP contribution in [0.4, 0.5) is 0 Å². The Morgan fingerprint density at radius 3 is 2.73 bits per heavy atom. The number of hydrogen-bond acceptors (Lipinski definition) is 3. The number of hydrogen-bond donors (Lipinski definition) is 1. The Morgan fingerprint density at radius 1 is 1.40 bits per heavy atom. The van der Waals surface area contributed by atoms with Crippen LogP contribution in [0.15, 0.2) is 0 Å². The van der Waals surface area contributed by atoms with Gasteiger partial charge in [-0.25, -0.2) is 0 Å². The highest BCUT2D eigenvalue weighted by Gasteiger charge is 2.35. The van der Waals surface area contributed by atoms with Crippen molar-refractivity contribution < 1.29 is 4.74 Å². The second-order valence-corrected chi connectivity index (χ2v) is 5.33. The smallest absolute Gasteiger partial charge is 0.0674 e. The molecular formula is C12H24N2O. The van der Waals surface area contributed by atoms with Gasteiger partial charge in [-0.1, -0.05) is 12.8 Å². The molecule has 88 valence electrons. The largest absolute Gasteiger partial charge is 0.376 e. The lowest BCUT2D eigenvalue weighted by molar-refractivity contribution is -0.0311. The molecule has 0 spiro atoms. The van der Waals surface area contributed by atoms with Gasteiger partial charge in [0.2, 0.25) is 0 Å². The lowest BCUT2D eigenvalue weighted by atomic mass is 9.85. The second kappa shape index (κ2) is 4.81. The van der Waals surface area contributed by atoms with E-state index in [1.807, 2.05) is 0 Å². The van der Waals surface area contributed by atoms with E-state index >= 15 is 0 Å². The fourth-order valence-electron chi connectivity index (χ4n) is 3.06. The third kappa shape index (κ3) is 2.71. The molecule has 0 bridgehead atoms. The third-order valence-electron chi connectivity index (χ3n) is 3.98. The molecule has 0 aromatic carbocycles. The molecule has 2 rings (SSSR count). The number of nitrogens with two attached hydrogens (primary N) is 1. The number of rotatable bonds is 3. The maximum absolute atomic E-state index is 5.96. The van der Waals surface area contributed by atoms with E-state index in [0.29, 0.717) is 11.5 Å². The van der Waals surface area contributed by atoms with Crippen LogP contribution in [0, 0.1) is 5.41 Å². The average molecular weight is 212 g/mol. The van der Waals surface area contributed by atoms with E-state index in [-0.39, 0.29) is 0 Å². The molecule has 15 heavy (non-hydrogen) atoms. The molecule has 3 nitrogen and oxygen atoms in total. The molecule has 1 aliphatic carbocycles. The van der Waals surface area contributed by atoms with Crippen LogP contribution < -0.4 is 5.73 Å². The molecule has 3 heteroatoms.